The molecule has 2 rings (SSSR count). The monoisotopic (exact) mass is 378 g/mol. The molecule has 0 saturated heterocycles. The van der Waals surface area contributed by atoms with Crippen molar-refractivity contribution in [2.45, 2.75) is 13.0 Å². The molecular formula is C12H9Br2FOS. The maximum Gasteiger partial charge on any atom is 0.124 e. The number of hydrogen-bond acceptors (Lipinski definition) is 2. The summed E-state index contributed by atoms with van der Waals surface area (Å²) in [5.41, 5.74) is 0.547. The van der Waals surface area contributed by atoms with E-state index in [9.17, 15) is 9.50 Å². The first-order valence-corrected chi connectivity index (χ1v) is 7.27. The van der Waals surface area contributed by atoms with Crippen LogP contribution >= 0.6 is 43.2 Å². The Hall–Kier alpha value is -0.230. The van der Waals surface area contributed by atoms with Gasteiger partial charge in [0.2, 0.25) is 0 Å². The highest BCUT2D eigenvalue weighted by molar-refractivity contribution is 9.10. The first-order chi connectivity index (χ1) is 7.97. The summed E-state index contributed by atoms with van der Waals surface area (Å²) in [4.78, 5) is 1.89. The second-order valence-electron chi connectivity index (χ2n) is 3.66. The molecule has 1 unspecified atom stereocenters. The van der Waals surface area contributed by atoms with Gasteiger partial charge in [0.05, 0.1) is 0 Å². The van der Waals surface area contributed by atoms with E-state index in [0.29, 0.717) is 10.0 Å². The number of aliphatic hydroxyl groups excluding tert-OH is 1. The molecule has 0 saturated carbocycles. The van der Waals surface area contributed by atoms with Crippen molar-refractivity contribution >= 4 is 43.2 Å². The minimum atomic E-state index is -0.794. The number of halogens is 3. The molecule has 2 aromatic rings. The lowest BCUT2D eigenvalue weighted by atomic mass is 10.1. The molecule has 0 spiro atoms. The number of rotatable bonds is 2. The lowest BCUT2D eigenvalue weighted by Gasteiger charge is -2.09. The Morgan fingerprint density at radius 1 is 1.24 bits per heavy atom. The zero-order chi connectivity index (χ0) is 12.6. The second-order valence-corrected chi connectivity index (χ2v) is 6.72. The fourth-order valence-corrected chi connectivity index (χ4v) is 3.57. The molecule has 1 atom stereocenters. The molecule has 0 aliphatic carbocycles. The van der Waals surface area contributed by atoms with Crippen LogP contribution < -0.4 is 0 Å². The standard InChI is InChI=1S/C12H9Br2FOS/c1-6-10(14)5-11(17-6)12(16)7-2-8(13)4-9(15)3-7/h2-5,12,16H,1H3. The normalized spacial score (nSPS) is 12.8. The average Bonchev–Trinajstić information content (AvgIpc) is 2.57. The van der Waals surface area contributed by atoms with Gasteiger partial charge < -0.3 is 5.11 Å². The SMILES string of the molecule is Cc1sc(C(O)c2cc(F)cc(Br)c2)cc1Br. The second kappa shape index (κ2) is 5.18. The molecule has 0 aliphatic rings. The Kier molecular flexibility index (Phi) is 4.02. The molecule has 1 aromatic carbocycles. The van der Waals surface area contributed by atoms with Gasteiger partial charge >= 0.3 is 0 Å². The average molecular weight is 380 g/mol. The lowest BCUT2D eigenvalue weighted by molar-refractivity contribution is 0.223. The van der Waals surface area contributed by atoms with Crippen LogP contribution in [0.15, 0.2) is 33.2 Å². The number of thiophene rings is 1. The minimum absolute atomic E-state index is 0.360. The van der Waals surface area contributed by atoms with Crippen molar-refractivity contribution < 1.29 is 9.50 Å². The summed E-state index contributed by atoms with van der Waals surface area (Å²) in [5, 5.41) is 10.2. The first-order valence-electron chi connectivity index (χ1n) is 4.87. The van der Waals surface area contributed by atoms with Gasteiger partial charge in [0.15, 0.2) is 0 Å². The maximum atomic E-state index is 13.2. The van der Waals surface area contributed by atoms with Crippen LogP contribution in [0.2, 0.25) is 0 Å². The van der Waals surface area contributed by atoms with Crippen LogP contribution in [-0.2, 0) is 0 Å². The van der Waals surface area contributed by atoms with Crippen molar-refractivity contribution in [1.29, 1.82) is 0 Å². The number of benzene rings is 1. The zero-order valence-electron chi connectivity index (χ0n) is 8.88. The lowest BCUT2D eigenvalue weighted by Crippen LogP contribution is -1.97. The topological polar surface area (TPSA) is 20.2 Å². The highest BCUT2D eigenvalue weighted by Crippen LogP contribution is 2.34. The molecule has 0 radical (unpaired) electrons. The quantitative estimate of drug-likeness (QED) is 0.794. The summed E-state index contributed by atoms with van der Waals surface area (Å²) in [6.07, 6.45) is -0.794. The van der Waals surface area contributed by atoms with Gasteiger partial charge in [-0.05, 0) is 52.7 Å². The van der Waals surface area contributed by atoms with Crippen molar-refractivity contribution in [3.63, 3.8) is 0 Å². The van der Waals surface area contributed by atoms with E-state index in [4.69, 9.17) is 0 Å². The van der Waals surface area contributed by atoms with Crippen LogP contribution in [0, 0.1) is 12.7 Å². The fourth-order valence-electron chi connectivity index (χ4n) is 1.51. The van der Waals surface area contributed by atoms with Crippen molar-refractivity contribution in [2.75, 3.05) is 0 Å². The van der Waals surface area contributed by atoms with Crippen molar-refractivity contribution in [3.05, 3.63) is 54.3 Å². The van der Waals surface area contributed by atoms with Gasteiger partial charge in [-0.15, -0.1) is 11.3 Å². The van der Waals surface area contributed by atoms with Gasteiger partial charge in [-0.1, -0.05) is 15.9 Å². The van der Waals surface area contributed by atoms with E-state index in [2.05, 4.69) is 31.9 Å². The number of aryl methyl sites for hydroxylation is 1. The summed E-state index contributed by atoms with van der Waals surface area (Å²) in [6, 6.07) is 6.30. The molecule has 0 fully saturated rings. The van der Waals surface area contributed by atoms with Crippen LogP contribution in [-0.4, -0.2) is 5.11 Å². The van der Waals surface area contributed by atoms with Gasteiger partial charge in [0.1, 0.15) is 11.9 Å². The maximum absolute atomic E-state index is 13.2. The third-order valence-corrected chi connectivity index (χ3v) is 4.99. The highest BCUT2D eigenvalue weighted by atomic mass is 79.9. The molecule has 1 aromatic heterocycles. The van der Waals surface area contributed by atoms with E-state index in [-0.39, 0.29) is 5.82 Å². The van der Waals surface area contributed by atoms with Crippen molar-refractivity contribution in [2.24, 2.45) is 0 Å². The Balaban J connectivity index is 2.39. The van der Waals surface area contributed by atoms with Gasteiger partial charge in [-0.25, -0.2) is 4.39 Å². The van der Waals surface area contributed by atoms with Gasteiger partial charge in [0, 0.05) is 18.7 Å². The Morgan fingerprint density at radius 2 is 1.94 bits per heavy atom. The van der Waals surface area contributed by atoms with E-state index in [0.717, 1.165) is 14.2 Å². The van der Waals surface area contributed by atoms with Crippen LogP contribution in [0.1, 0.15) is 21.4 Å². The number of aliphatic hydroxyl groups is 1. The summed E-state index contributed by atoms with van der Waals surface area (Å²) in [5.74, 6) is -0.360. The number of hydrogen-bond donors (Lipinski definition) is 1. The summed E-state index contributed by atoms with van der Waals surface area (Å²) < 4.78 is 14.8. The minimum Gasteiger partial charge on any atom is -0.383 e. The van der Waals surface area contributed by atoms with E-state index >= 15 is 0 Å². The predicted molar refractivity (Wildman–Crippen MR) is 74.9 cm³/mol. The molecule has 90 valence electrons. The molecule has 1 heterocycles. The van der Waals surface area contributed by atoms with Gasteiger partial charge in [-0.3, -0.25) is 0 Å². The van der Waals surface area contributed by atoms with E-state index in [1.807, 2.05) is 13.0 Å². The Bertz CT molecular complexity index is 514. The van der Waals surface area contributed by atoms with Crippen LogP contribution in [0.3, 0.4) is 0 Å². The van der Waals surface area contributed by atoms with Crippen LogP contribution in [0.4, 0.5) is 4.39 Å². The first kappa shape index (κ1) is 13.2. The molecule has 0 bridgehead atoms. The van der Waals surface area contributed by atoms with E-state index < -0.39 is 6.10 Å². The van der Waals surface area contributed by atoms with Crippen LogP contribution in [0.5, 0.6) is 0 Å². The molecule has 0 aliphatic heterocycles. The molecule has 1 N–H and O–H groups in total. The highest BCUT2D eigenvalue weighted by Gasteiger charge is 2.15. The fraction of sp³-hybridized carbons (Fsp3) is 0.167. The van der Waals surface area contributed by atoms with Crippen molar-refractivity contribution in [3.8, 4) is 0 Å². The molecular weight excluding hydrogens is 371 g/mol. The largest absolute Gasteiger partial charge is 0.383 e. The Morgan fingerprint density at radius 3 is 2.47 bits per heavy atom. The summed E-state index contributed by atoms with van der Waals surface area (Å²) in [7, 11) is 0. The predicted octanol–water partition coefficient (Wildman–Crippen LogP) is 4.80. The smallest absolute Gasteiger partial charge is 0.124 e. The van der Waals surface area contributed by atoms with Gasteiger partial charge in [0.25, 0.3) is 0 Å². The Labute approximate surface area is 120 Å². The van der Waals surface area contributed by atoms with Crippen molar-refractivity contribution in [1.82, 2.24) is 0 Å². The van der Waals surface area contributed by atoms with E-state index in [1.165, 1.54) is 23.5 Å². The van der Waals surface area contributed by atoms with Gasteiger partial charge in [-0.2, -0.15) is 0 Å². The molecule has 1 nitrogen and oxygen atoms in total. The third kappa shape index (κ3) is 2.96. The summed E-state index contributed by atoms with van der Waals surface area (Å²) >= 11 is 8.11. The molecule has 17 heavy (non-hydrogen) atoms. The van der Waals surface area contributed by atoms with E-state index in [1.54, 1.807) is 6.07 Å². The zero-order valence-corrected chi connectivity index (χ0v) is 12.9. The molecule has 0 amide bonds. The summed E-state index contributed by atoms with van der Waals surface area (Å²) in [6.45, 7) is 1.96. The molecule has 5 heteroatoms. The van der Waals surface area contributed by atoms with Crippen LogP contribution in [0.25, 0.3) is 0 Å². The third-order valence-electron chi connectivity index (χ3n) is 2.35.